The average molecular weight is 636 g/mol. The molecule has 1 fully saturated rings. The summed E-state index contributed by atoms with van der Waals surface area (Å²) < 4.78 is 37.9. The van der Waals surface area contributed by atoms with Crippen molar-refractivity contribution in [2.24, 2.45) is 5.92 Å². The molecule has 1 saturated heterocycles. The first-order valence-corrected chi connectivity index (χ1v) is 17.2. The zero-order valence-electron chi connectivity index (χ0n) is 25.6. The summed E-state index contributed by atoms with van der Waals surface area (Å²) in [6, 6.07) is 43.2. The zero-order valence-corrected chi connectivity index (χ0v) is 26.5. The normalized spacial score (nSPS) is 18.3. The van der Waals surface area contributed by atoms with E-state index in [1.807, 2.05) is 66.7 Å². The van der Waals surface area contributed by atoms with Gasteiger partial charge in [0.2, 0.25) is 0 Å². The van der Waals surface area contributed by atoms with Crippen LogP contribution >= 0.6 is 10.9 Å². The third-order valence-corrected chi connectivity index (χ3v) is 10.9. The van der Waals surface area contributed by atoms with Crippen molar-refractivity contribution in [1.29, 1.82) is 0 Å². The lowest BCUT2D eigenvalue weighted by Gasteiger charge is -2.37. The summed E-state index contributed by atoms with van der Waals surface area (Å²) in [6.07, 6.45) is 0. The minimum absolute atomic E-state index is 0.175. The Kier molecular flexibility index (Phi) is 9.40. The summed E-state index contributed by atoms with van der Waals surface area (Å²) in [5.74, 6) is 3.47. The molecule has 236 valence electrons. The maximum absolute atomic E-state index is 12.7. The Labute approximate surface area is 272 Å². The smallest absolute Gasteiger partial charge is 0.159 e. The second-order valence-corrected chi connectivity index (χ2v) is 13.9. The molecular formula is C39H38FNO4S. The fourth-order valence-electron chi connectivity index (χ4n) is 5.85. The number of thiol groups is 1. The van der Waals surface area contributed by atoms with Crippen molar-refractivity contribution in [2.45, 2.75) is 28.4 Å². The molecule has 0 N–H and O–H groups in total. The molecule has 46 heavy (non-hydrogen) atoms. The Morgan fingerprint density at radius 2 is 1.33 bits per heavy atom. The molecule has 0 aromatic heterocycles. The van der Waals surface area contributed by atoms with Crippen LogP contribution in [0, 0.1) is 5.92 Å². The van der Waals surface area contributed by atoms with Crippen LogP contribution < -0.4 is 18.9 Å². The van der Waals surface area contributed by atoms with Crippen molar-refractivity contribution in [3.63, 3.8) is 0 Å². The molecule has 7 heteroatoms. The van der Waals surface area contributed by atoms with E-state index in [2.05, 4.69) is 65.6 Å². The maximum atomic E-state index is 12.7. The summed E-state index contributed by atoms with van der Waals surface area (Å²) in [5, 5.41) is 0. The number of fused-ring (bicyclic) bond motifs is 1. The van der Waals surface area contributed by atoms with Crippen LogP contribution in [0.5, 0.6) is 23.0 Å². The second kappa shape index (κ2) is 14.3. The molecular weight excluding hydrogens is 597 g/mol. The van der Waals surface area contributed by atoms with Gasteiger partial charge in [-0.1, -0.05) is 78.9 Å². The number of ether oxygens (including phenoxy) is 4. The van der Waals surface area contributed by atoms with Gasteiger partial charge in [-0.15, -0.1) is 0 Å². The molecule has 0 aliphatic carbocycles. The molecule has 2 aliphatic heterocycles. The van der Waals surface area contributed by atoms with E-state index in [0.29, 0.717) is 19.8 Å². The van der Waals surface area contributed by atoms with E-state index in [-0.39, 0.29) is 18.0 Å². The number of halogens is 1. The van der Waals surface area contributed by atoms with Gasteiger partial charge in [-0.05, 0) is 58.5 Å². The Morgan fingerprint density at radius 3 is 2.00 bits per heavy atom. The first-order chi connectivity index (χ1) is 22.7. The highest BCUT2D eigenvalue weighted by molar-refractivity contribution is 8.17. The van der Waals surface area contributed by atoms with Crippen molar-refractivity contribution in [2.75, 3.05) is 32.9 Å². The lowest BCUT2D eigenvalue weighted by atomic mass is 10.0. The molecule has 0 spiro atoms. The summed E-state index contributed by atoms with van der Waals surface area (Å²) in [7, 11) is -0.908. The topological polar surface area (TPSA) is 40.2 Å². The number of hydrogen-bond acceptors (Lipinski definition) is 5. The van der Waals surface area contributed by atoms with Crippen LogP contribution in [-0.2, 0) is 13.2 Å². The molecule has 5 aromatic carbocycles. The van der Waals surface area contributed by atoms with Crippen LogP contribution in [0.4, 0.5) is 4.39 Å². The lowest BCUT2D eigenvalue weighted by molar-refractivity contribution is 0.0668. The fourth-order valence-corrected chi connectivity index (χ4v) is 8.45. The highest BCUT2D eigenvalue weighted by atomic mass is 32.2. The van der Waals surface area contributed by atoms with Gasteiger partial charge in [-0.3, -0.25) is 9.29 Å². The lowest BCUT2D eigenvalue weighted by Crippen LogP contribution is -2.49. The van der Waals surface area contributed by atoms with Gasteiger partial charge >= 0.3 is 0 Å². The molecule has 2 atom stereocenters. The number of rotatable bonds is 13. The number of likely N-dealkylation sites (tertiary alicyclic amines) is 1. The van der Waals surface area contributed by atoms with Gasteiger partial charge in [0, 0.05) is 42.1 Å². The van der Waals surface area contributed by atoms with Crippen molar-refractivity contribution in [3.8, 4) is 23.0 Å². The summed E-state index contributed by atoms with van der Waals surface area (Å²) >= 11 is 0. The molecule has 7 rings (SSSR count). The zero-order chi connectivity index (χ0) is 31.1. The van der Waals surface area contributed by atoms with E-state index in [1.54, 1.807) is 0 Å². The predicted octanol–water partition coefficient (Wildman–Crippen LogP) is 8.64. The van der Waals surface area contributed by atoms with Gasteiger partial charge < -0.3 is 18.9 Å². The van der Waals surface area contributed by atoms with Gasteiger partial charge in [-0.25, -0.2) is 0 Å². The second-order valence-electron chi connectivity index (χ2n) is 11.7. The summed E-state index contributed by atoms with van der Waals surface area (Å²) in [4.78, 5) is 4.59. The third kappa shape index (κ3) is 7.16. The Morgan fingerprint density at radius 1 is 0.674 bits per heavy atom. The summed E-state index contributed by atoms with van der Waals surface area (Å²) in [6.45, 7) is 3.80. The Balaban J connectivity index is 1.10. The predicted molar refractivity (Wildman–Crippen MR) is 181 cm³/mol. The van der Waals surface area contributed by atoms with Gasteiger partial charge in [0.1, 0.15) is 42.8 Å². The van der Waals surface area contributed by atoms with Crippen LogP contribution in [0.25, 0.3) is 0 Å². The molecule has 0 radical (unpaired) electrons. The molecule has 2 aliphatic rings. The molecule has 5 nitrogen and oxygen atoms in total. The molecule has 0 amide bonds. The van der Waals surface area contributed by atoms with E-state index in [4.69, 9.17) is 18.9 Å². The molecule has 0 bridgehead atoms. The SMILES string of the molecule is FCC1CN(CCOc2ccc(C3Oc4cc(OCc5ccccc5)ccc4[SH]3c3cccc(OCc4ccccc4)c3)cc2)C1. The Hall–Kier alpha value is -4.46. The van der Waals surface area contributed by atoms with Crippen molar-refractivity contribution in [1.82, 2.24) is 4.90 Å². The van der Waals surface area contributed by atoms with Crippen LogP contribution in [0.15, 0.2) is 137 Å². The third-order valence-electron chi connectivity index (χ3n) is 8.35. The standard InChI is InChI=1S/C39H38FNO4S/c40-24-31-25-41(26-31)20-21-42-33-16-14-32(15-17-33)39-45-37-23-35(44-28-30-10-5-2-6-11-30)18-19-38(37)46(39)36-13-7-12-34(22-36)43-27-29-8-3-1-4-9-29/h1-19,22-23,31,39,46H,20-21,24-28H2. The van der Waals surface area contributed by atoms with Gasteiger partial charge in [0.15, 0.2) is 5.44 Å². The van der Waals surface area contributed by atoms with Gasteiger partial charge in [0.25, 0.3) is 0 Å². The molecule has 5 aromatic rings. The highest BCUT2D eigenvalue weighted by Gasteiger charge is 2.34. The number of alkyl halides is 1. The minimum atomic E-state index is -0.908. The van der Waals surface area contributed by atoms with Crippen molar-refractivity contribution >= 4 is 10.9 Å². The maximum Gasteiger partial charge on any atom is 0.159 e. The minimum Gasteiger partial charge on any atom is -0.492 e. The van der Waals surface area contributed by atoms with Crippen LogP contribution in [0.2, 0.25) is 0 Å². The average Bonchev–Trinajstić information content (AvgIpc) is 3.47. The monoisotopic (exact) mass is 635 g/mol. The molecule has 2 unspecified atom stereocenters. The number of hydrogen-bond donors (Lipinski definition) is 1. The van der Waals surface area contributed by atoms with Crippen LogP contribution in [0.1, 0.15) is 22.1 Å². The van der Waals surface area contributed by atoms with Gasteiger partial charge in [-0.2, -0.15) is 10.9 Å². The Bertz CT molecular complexity index is 1710. The van der Waals surface area contributed by atoms with Crippen LogP contribution in [-0.4, -0.2) is 37.8 Å². The van der Waals surface area contributed by atoms with Crippen molar-refractivity contribution in [3.05, 3.63) is 144 Å². The first-order valence-electron chi connectivity index (χ1n) is 15.8. The quantitative estimate of drug-likeness (QED) is 0.131. The molecule has 2 heterocycles. The van der Waals surface area contributed by atoms with E-state index >= 15 is 0 Å². The van der Waals surface area contributed by atoms with Crippen molar-refractivity contribution < 1.29 is 23.3 Å². The van der Waals surface area contributed by atoms with Crippen LogP contribution in [0.3, 0.4) is 0 Å². The van der Waals surface area contributed by atoms with Gasteiger partial charge in [0.05, 0.1) is 6.67 Å². The first kappa shape index (κ1) is 30.2. The largest absolute Gasteiger partial charge is 0.492 e. The highest BCUT2D eigenvalue weighted by Crippen LogP contribution is 2.64. The number of nitrogens with zero attached hydrogens (tertiary/aromatic N) is 1. The summed E-state index contributed by atoms with van der Waals surface area (Å²) in [5.41, 5.74) is 3.16. The van der Waals surface area contributed by atoms with E-state index in [0.717, 1.165) is 59.3 Å². The van der Waals surface area contributed by atoms with E-state index in [9.17, 15) is 4.39 Å². The van der Waals surface area contributed by atoms with E-state index in [1.165, 1.54) is 9.79 Å². The fraction of sp³-hybridized carbons (Fsp3) is 0.231. The molecule has 0 saturated carbocycles. The number of benzene rings is 5. The van der Waals surface area contributed by atoms with E-state index < -0.39 is 10.9 Å².